The van der Waals surface area contributed by atoms with E-state index >= 15 is 0 Å². The first-order chi connectivity index (χ1) is 51.8. The number of ether oxygens (including phenoxy) is 2. The summed E-state index contributed by atoms with van der Waals surface area (Å²) in [5.41, 5.74) is 8.36. The van der Waals surface area contributed by atoms with Crippen LogP contribution in [0, 0.1) is 5.82 Å². The summed E-state index contributed by atoms with van der Waals surface area (Å²) >= 11 is 6.04. The lowest BCUT2D eigenvalue weighted by Gasteiger charge is -2.60. The second-order valence-electron chi connectivity index (χ2n) is 30.5. The Hall–Kier alpha value is 0.875. The Kier molecular flexibility index (Phi) is 41.1. The first-order valence-electron chi connectivity index (χ1n) is 36.9. The monoisotopic (exact) mass is 1330 g/mol. The topological polar surface area (TPSA) is 37.5 Å². The zero-order valence-corrected chi connectivity index (χ0v) is 63.9. The largest absolute Gasteiger partial charge is 0.493 e. The normalized spacial score (nSPS) is 12.8. The van der Waals surface area contributed by atoms with Gasteiger partial charge in [-0.05, 0) is 83.1 Å². The van der Waals surface area contributed by atoms with Gasteiger partial charge in [0.05, 0.1) is 13.2 Å². The van der Waals surface area contributed by atoms with Crippen molar-refractivity contribution in [2.24, 2.45) is 0 Å². The summed E-state index contributed by atoms with van der Waals surface area (Å²) in [4.78, 5) is 6.27. The number of aromatic amines is 1. The molecule has 7 rings (SSSR count). The number of rotatable bonds is 39. The molecule has 1 aromatic heterocycles. The smallest absolute Gasteiger partial charge is 0.161 e. The number of halogens is 2. The van der Waals surface area contributed by atoms with Crippen molar-refractivity contribution in [3.63, 3.8) is 0 Å². The minimum absolute atomic E-state index is 0.00623. The van der Waals surface area contributed by atoms with Crippen molar-refractivity contribution in [2.45, 2.75) is 31.5 Å². The van der Waals surface area contributed by atoms with Crippen LogP contribution in [-0.2, 0) is 19.4 Å². The van der Waals surface area contributed by atoms with Crippen molar-refractivity contribution in [1.29, 1.82) is 0 Å². The predicted molar refractivity (Wildman–Crippen MR) is 566 cm³/mol. The van der Waals surface area contributed by atoms with E-state index in [0.717, 1.165) is 47.5 Å². The number of hydrogen-bond acceptors (Lipinski definition) is 3. The summed E-state index contributed by atoms with van der Waals surface area (Å²) < 4.78 is 26.0. The number of benzene rings is 4. The van der Waals surface area contributed by atoms with E-state index in [2.05, 4.69) is 46.3 Å². The molecule has 0 spiro atoms. The molecule has 5 aromatic rings. The summed E-state index contributed by atoms with van der Waals surface area (Å²) in [7, 11) is 252. The fraction of sp³-hybridized carbons (Fsp3) is 0.212. The Morgan fingerprint density at radius 2 is 0.730 bits per heavy atom. The molecule has 4 aromatic carbocycles. The van der Waals surface area contributed by atoms with Crippen molar-refractivity contribution in [1.82, 2.24) is 9.88 Å². The number of nitrogens with one attached hydrogen (secondary N) is 1. The minimum Gasteiger partial charge on any atom is -0.493 e. The van der Waals surface area contributed by atoms with Crippen LogP contribution in [0.4, 0.5) is 4.39 Å². The molecule has 2 aliphatic heterocycles. The number of hydrogen-bond donors (Lipinski definition) is 1. The highest BCUT2D eigenvalue weighted by atomic mass is 35.5. The Morgan fingerprint density at radius 1 is 0.396 bits per heavy atom. The molecule has 412 valence electrons. The standard InChI is InChI=1S/C33H28ClFN2O2.B72/c1-38-30-18-26-22(16-31(30)39-19-20-6-10-23(34)11-7-20)14-15-37-29(26)17-27-25-4-2-3-5-28(25)36-32(27)33(37)21-8-12-24(35)13-9-21;1-38(2)56(37)65(55(35)36)70(66(57(39(3)4)40(5)6)58(41(7)8)42(9)10)72(69(63(51(27)28)52(29)30)64(53(31)32)54(33)34)71(67(59(43(11)12)44(13)14)60(45(15)16)46(17)18)68(61(47(19)20)48(21)22)62(49(23)24)50(25)26/h2-13,16,18,29,33,36H,14-15,17,19H2,1H3;. The fourth-order valence-electron chi connectivity index (χ4n) is 18.9. The molecule has 2 unspecified atom stereocenters. The van der Waals surface area contributed by atoms with Crippen LogP contribution in [0.5, 0.6) is 11.5 Å². The van der Waals surface area contributed by atoms with Crippen LogP contribution in [0.15, 0.2) is 84.9 Å². The third-order valence-electron chi connectivity index (χ3n) is 23.3. The molecule has 2 atom stereocenters. The third kappa shape index (κ3) is 24.4. The summed E-state index contributed by atoms with van der Waals surface area (Å²) in [6.45, 7) is 1.32. The van der Waals surface area contributed by atoms with E-state index in [9.17, 15) is 4.39 Å². The molecule has 3 heterocycles. The summed E-state index contributed by atoms with van der Waals surface area (Å²) in [5.74, 6) is 1.26. The lowest BCUT2D eigenvalue weighted by Crippen LogP contribution is -2.98. The maximum atomic E-state index is 13.9. The number of fused-ring (bicyclic) bond motifs is 6. The number of para-hydroxylation sites is 1. The Morgan fingerprint density at radius 3 is 1.06 bits per heavy atom. The molecule has 0 bridgehead atoms. The van der Waals surface area contributed by atoms with Gasteiger partial charge in [0.1, 0.15) is 12.4 Å². The minimum atomic E-state index is -1.77. The number of methoxy groups -OCH3 is 1. The molecule has 4 nitrogen and oxygen atoms in total. The molecule has 0 saturated heterocycles. The van der Waals surface area contributed by atoms with Crippen LogP contribution < -0.4 is 9.47 Å². The van der Waals surface area contributed by atoms with Crippen molar-refractivity contribution < 1.29 is 13.9 Å². The third-order valence-corrected chi connectivity index (χ3v) is 23.5. The summed E-state index contributed by atoms with van der Waals surface area (Å²) in [6, 6.07) is 27.6. The first kappa shape index (κ1) is 101. The van der Waals surface area contributed by atoms with Gasteiger partial charge in [0.2, 0.25) is 0 Å². The van der Waals surface area contributed by atoms with Gasteiger partial charge in [-0.15, -0.1) is 0 Å². The van der Waals surface area contributed by atoms with Gasteiger partial charge in [0.15, 0.2) is 11.5 Å². The van der Waals surface area contributed by atoms with Crippen LogP contribution in [-0.4, -0.2) is 533 Å². The molecule has 0 aliphatic carbocycles. The van der Waals surface area contributed by atoms with E-state index in [-0.39, 0.29) is 17.9 Å². The van der Waals surface area contributed by atoms with Gasteiger partial charge in [-0.3, -0.25) is 4.90 Å². The zero-order chi connectivity index (χ0) is 83.7. The fourth-order valence-corrected chi connectivity index (χ4v) is 19.0. The number of aromatic nitrogens is 1. The molecule has 111 heavy (non-hydrogen) atoms. The van der Waals surface area contributed by atoms with E-state index in [1.54, 1.807) is 19.2 Å². The Labute approximate surface area is 735 Å². The van der Waals surface area contributed by atoms with Gasteiger partial charge in [-0.2, -0.15) is 0 Å². The predicted octanol–water partition coefficient (Wildman–Crippen LogP) is -19.6. The quantitative estimate of drug-likeness (QED) is 0.0399. The van der Waals surface area contributed by atoms with Crippen LogP contribution >= 0.6 is 11.6 Å². The molecule has 78 heteroatoms. The van der Waals surface area contributed by atoms with Gasteiger partial charge < -0.3 is 14.5 Å². The number of nitrogens with zero attached hydrogens (tertiary/aromatic N) is 1. The van der Waals surface area contributed by atoms with Crippen LogP contribution in [0.3, 0.4) is 0 Å². The molecule has 0 saturated carbocycles. The summed E-state index contributed by atoms with van der Waals surface area (Å²) in [5, 5.41) is 1.96. The van der Waals surface area contributed by atoms with Gasteiger partial charge in [0.25, 0.3) is 0 Å². The van der Waals surface area contributed by atoms with E-state index in [4.69, 9.17) is 307 Å². The maximum Gasteiger partial charge on any atom is 0.161 e. The van der Waals surface area contributed by atoms with Crippen molar-refractivity contribution >= 4 is 532 Å². The molecule has 2 aliphatic rings. The molecule has 0 amide bonds. The van der Waals surface area contributed by atoms with E-state index < -0.39 is 223 Å². The van der Waals surface area contributed by atoms with Crippen LogP contribution in [0.1, 0.15) is 45.6 Å². The number of H-pyrrole nitrogens is 1. The SMILES string of the molecule is COc1cc2c(cc1OCc1ccc(Cl)cc1)CCN1C2Cc2c([nH]c3ccccc23)C1c1ccc(F)cc1.[B]B([B])B([B])B(B([B])[B])B(B(B(B([B])[B])B([B])[B])B(B([B])[B])B([B])[B])B(B(B(B([B])[B])B([B])[B])B(B([B])[B])B([B])[B])B(B(B(B([B])[B])B([B])[B])B(B([B])[B])B([B])[B])B(B(B([B])[B])B([B])[B])B(B([B])[B])B([B])[B]. The highest BCUT2D eigenvalue weighted by molar-refractivity contribution is 8.40. The highest BCUT2D eigenvalue weighted by Crippen LogP contribution is 2.50. The van der Waals surface area contributed by atoms with E-state index in [1.807, 2.05) is 36.4 Å². The molecule has 1 N–H and O–H groups in total. The van der Waals surface area contributed by atoms with E-state index in [0.29, 0.717) is 11.6 Å². The zero-order valence-electron chi connectivity index (χ0n) is 63.2. The lowest BCUT2D eigenvalue weighted by molar-refractivity contribution is 0.127. The Bertz CT molecular complexity index is 3410. The van der Waals surface area contributed by atoms with Gasteiger partial charge in [-0.1, -0.05) is 54.1 Å². The average molecular weight is 1320 g/mol. The lowest BCUT2D eigenvalue weighted by atomic mass is 8.21. The van der Waals surface area contributed by atoms with Gasteiger partial charge in [0, 0.05) is 544 Å². The average Bonchev–Trinajstić information content (AvgIpc) is 1.36. The second kappa shape index (κ2) is 45.3. The molecular weight excluding hydrogens is 1290 g/mol. The van der Waals surface area contributed by atoms with Crippen LogP contribution in [0.2, 0.25) is 5.02 Å². The maximum absolute atomic E-state index is 13.9. The second-order valence-corrected chi connectivity index (χ2v) is 31.0. The van der Waals surface area contributed by atoms with Crippen molar-refractivity contribution in [3.05, 3.63) is 129 Å². The first-order valence-corrected chi connectivity index (χ1v) is 37.3. The van der Waals surface area contributed by atoms with Gasteiger partial charge >= 0.3 is 0 Å². The van der Waals surface area contributed by atoms with Crippen molar-refractivity contribution in [2.75, 3.05) is 13.7 Å². The Balaban J connectivity index is 0.000000405. The molecule has 74 radical (unpaired) electrons. The van der Waals surface area contributed by atoms with E-state index in [1.165, 1.54) is 27.8 Å². The summed E-state index contributed by atoms with van der Waals surface area (Å²) in [6.07, 6.45) is -53.6. The van der Waals surface area contributed by atoms with Crippen LogP contribution in [0.25, 0.3) is 10.9 Å². The van der Waals surface area contributed by atoms with Crippen molar-refractivity contribution in [3.8, 4) is 11.5 Å². The van der Waals surface area contributed by atoms with Gasteiger partial charge in [-0.25, -0.2) is 4.39 Å². The molecule has 0 fully saturated rings. The molecular formula is C33H28B72ClFN2O2. The highest BCUT2D eigenvalue weighted by Gasteiger charge is 2.65.